The lowest BCUT2D eigenvalue weighted by atomic mass is 9.97. The third-order valence-corrected chi connectivity index (χ3v) is 4.09. The van der Waals surface area contributed by atoms with Crippen molar-refractivity contribution in [2.75, 3.05) is 18.0 Å². The summed E-state index contributed by atoms with van der Waals surface area (Å²) in [5.41, 5.74) is 1.75. The number of aromatic nitrogens is 4. The van der Waals surface area contributed by atoms with E-state index in [9.17, 15) is 0 Å². The van der Waals surface area contributed by atoms with Gasteiger partial charge in [0.05, 0.1) is 0 Å². The van der Waals surface area contributed by atoms with Crippen molar-refractivity contribution in [3.8, 4) is 0 Å². The molecule has 2 aromatic heterocycles. The van der Waals surface area contributed by atoms with E-state index >= 15 is 0 Å². The molecule has 6 nitrogen and oxygen atoms in total. The van der Waals surface area contributed by atoms with Gasteiger partial charge in [-0.2, -0.15) is 4.98 Å². The Bertz CT molecular complexity index is 729. The lowest BCUT2D eigenvalue weighted by molar-refractivity contribution is 0.449. The number of oxazole rings is 1. The molecule has 1 aromatic carbocycles. The van der Waals surface area contributed by atoms with E-state index in [0.29, 0.717) is 11.9 Å². The molecular weight excluding hydrogens is 266 g/mol. The summed E-state index contributed by atoms with van der Waals surface area (Å²) in [4.78, 5) is 6.80. The molecule has 0 radical (unpaired) electrons. The summed E-state index contributed by atoms with van der Waals surface area (Å²) in [6, 6.07) is 8.59. The molecule has 1 aliphatic heterocycles. The number of fused-ring (bicyclic) bond motifs is 1. The quantitative estimate of drug-likeness (QED) is 0.722. The van der Waals surface area contributed by atoms with Crippen LogP contribution in [0, 0.1) is 0 Å². The van der Waals surface area contributed by atoms with E-state index in [-0.39, 0.29) is 0 Å². The number of para-hydroxylation sites is 2. The zero-order valence-electron chi connectivity index (χ0n) is 11.9. The first kappa shape index (κ1) is 12.4. The predicted molar refractivity (Wildman–Crippen MR) is 79.2 cm³/mol. The number of anilines is 1. The number of aryl methyl sites for hydroxylation is 1. The molecule has 108 valence electrons. The van der Waals surface area contributed by atoms with Crippen LogP contribution in [0.15, 0.2) is 35.0 Å². The molecule has 0 spiro atoms. The van der Waals surface area contributed by atoms with Gasteiger partial charge in [0.2, 0.25) is 0 Å². The van der Waals surface area contributed by atoms with Gasteiger partial charge in [0.1, 0.15) is 17.7 Å². The summed E-state index contributed by atoms with van der Waals surface area (Å²) in [6.45, 7) is 1.85. The van der Waals surface area contributed by atoms with E-state index in [0.717, 1.165) is 42.9 Å². The van der Waals surface area contributed by atoms with Crippen LogP contribution in [0.3, 0.4) is 0 Å². The molecule has 0 N–H and O–H groups in total. The predicted octanol–water partition coefficient (Wildman–Crippen LogP) is 2.34. The van der Waals surface area contributed by atoms with Crippen LogP contribution in [0.5, 0.6) is 0 Å². The summed E-state index contributed by atoms with van der Waals surface area (Å²) >= 11 is 0. The van der Waals surface area contributed by atoms with Gasteiger partial charge in [-0.05, 0) is 25.0 Å². The second-order valence-corrected chi connectivity index (χ2v) is 5.55. The van der Waals surface area contributed by atoms with Gasteiger partial charge in [-0.1, -0.05) is 12.1 Å². The van der Waals surface area contributed by atoms with Crippen molar-refractivity contribution < 1.29 is 4.42 Å². The van der Waals surface area contributed by atoms with Gasteiger partial charge in [-0.3, -0.25) is 0 Å². The van der Waals surface area contributed by atoms with Crippen molar-refractivity contribution in [2.45, 2.75) is 18.8 Å². The van der Waals surface area contributed by atoms with Crippen molar-refractivity contribution in [3.05, 3.63) is 36.4 Å². The third kappa shape index (κ3) is 2.16. The van der Waals surface area contributed by atoms with Crippen molar-refractivity contribution >= 4 is 17.1 Å². The Morgan fingerprint density at radius 1 is 1.29 bits per heavy atom. The smallest absolute Gasteiger partial charge is 0.298 e. The summed E-state index contributed by atoms with van der Waals surface area (Å²) in [5, 5.41) is 8.23. The van der Waals surface area contributed by atoms with Crippen LogP contribution in [0.25, 0.3) is 11.1 Å². The van der Waals surface area contributed by atoms with Gasteiger partial charge in [-0.15, -0.1) is 10.2 Å². The number of hydrogen-bond acceptors (Lipinski definition) is 5. The van der Waals surface area contributed by atoms with Gasteiger partial charge in [0.15, 0.2) is 5.58 Å². The molecule has 0 amide bonds. The van der Waals surface area contributed by atoms with E-state index < -0.39 is 0 Å². The highest BCUT2D eigenvalue weighted by Crippen LogP contribution is 2.30. The summed E-state index contributed by atoms with van der Waals surface area (Å²) in [6.07, 6.45) is 3.99. The number of hydrogen-bond donors (Lipinski definition) is 0. The van der Waals surface area contributed by atoms with Crippen molar-refractivity contribution in [1.82, 2.24) is 19.7 Å². The van der Waals surface area contributed by atoms with Crippen LogP contribution in [-0.2, 0) is 7.05 Å². The van der Waals surface area contributed by atoms with E-state index in [2.05, 4.69) is 20.1 Å². The summed E-state index contributed by atoms with van der Waals surface area (Å²) in [5.74, 6) is 1.41. The minimum Gasteiger partial charge on any atom is -0.423 e. The largest absolute Gasteiger partial charge is 0.423 e. The molecule has 4 rings (SSSR count). The van der Waals surface area contributed by atoms with Gasteiger partial charge in [-0.25, -0.2) is 0 Å². The molecule has 1 saturated heterocycles. The average molecular weight is 283 g/mol. The zero-order valence-corrected chi connectivity index (χ0v) is 11.9. The van der Waals surface area contributed by atoms with Gasteiger partial charge in [0.25, 0.3) is 6.01 Å². The molecular formula is C15H17N5O. The van der Waals surface area contributed by atoms with Crippen molar-refractivity contribution in [2.24, 2.45) is 7.05 Å². The first-order chi connectivity index (χ1) is 10.3. The molecule has 0 aliphatic carbocycles. The lowest BCUT2D eigenvalue weighted by Gasteiger charge is -2.30. The number of rotatable bonds is 2. The van der Waals surface area contributed by atoms with E-state index in [4.69, 9.17) is 4.42 Å². The third-order valence-electron chi connectivity index (χ3n) is 4.09. The van der Waals surface area contributed by atoms with E-state index in [1.807, 2.05) is 35.9 Å². The molecule has 1 atom stereocenters. The Kier molecular flexibility index (Phi) is 2.87. The lowest BCUT2D eigenvalue weighted by Crippen LogP contribution is -2.35. The minimum atomic E-state index is 0.376. The van der Waals surface area contributed by atoms with Crippen LogP contribution in [0.2, 0.25) is 0 Å². The Labute approximate surface area is 122 Å². The standard InChI is InChI=1S/C15H17N5O/c1-19-10-16-18-14(19)11-5-4-8-20(9-11)15-17-12-6-2-3-7-13(12)21-15/h2-3,6-7,10-11H,4-5,8-9H2,1H3. The maximum absolute atomic E-state index is 5.88. The number of benzene rings is 1. The topological polar surface area (TPSA) is 60.0 Å². The molecule has 1 aliphatic rings. The average Bonchev–Trinajstić information content (AvgIpc) is 3.13. The van der Waals surface area contributed by atoms with E-state index in [1.165, 1.54) is 0 Å². The molecule has 6 heteroatoms. The molecule has 1 unspecified atom stereocenters. The Balaban J connectivity index is 1.62. The fourth-order valence-corrected chi connectivity index (χ4v) is 3.02. The van der Waals surface area contributed by atoms with Crippen molar-refractivity contribution in [1.29, 1.82) is 0 Å². The van der Waals surface area contributed by atoms with Crippen LogP contribution < -0.4 is 4.90 Å². The van der Waals surface area contributed by atoms with Crippen molar-refractivity contribution in [3.63, 3.8) is 0 Å². The molecule has 0 saturated carbocycles. The highest BCUT2D eigenvalue weighted by molar-refractivity contribution is 5.74. The second-order valence-electron chi connectivity index (χ2n) is 5.55. The SMILES string of the molecule is Cn1cnnc1C1CCCN(c2nc3ccccc3o2)C1. The number of piperidine rings is 1. The van der Waals surface area contributed by atoms with Crippen LogP contribution >= 0.6 is 0 Å². The van der Waals surface area contributed by atoms with Gasteiger partial charge in [0, 0.05) is 26.1 Å². The molecule has 1 fully saturated rings. The number of nitrogens with zero attached hydrogens (tertiary/aromatic N) is 5. The monoisotopic (exact) mass is 283 g/mol. The Morgan fingerprint density at radius 2 is 2.19 bits per heavy atom. The first-order valence-electron chi connectivity index (χ1n) is 7.25. The molecule has 3 aromatic rings. The Hall–Kier alpha value is -2.37. The normalized spacial score (nSPS) is 19.3. The van der Waals surface area contributed by atoms with Crippen LogP contribution in [0.4, 0.5) is 6.01 Å². The highest BCUT2D eigenvalue weighted by Gasteiger charge is 2.27. The van der Waals surface area contributed by atoms with E-state index in [1.54, 1.807) is 6.33 Å². The fraction of sp³-hybridized carbons (Fsp3) is 0.400. The highest BCUT2D eigenvalue weighted by atomic mass is 16.4. The molecule has 3 heterocycles. The second kappa shape index (κ2) is 4.87. The van der Waals surface area contributed by atoms with Gasteiger partial charge >= 0.3 is 0 Å². The summed E-state index contributed by atoms with van der Waals surface area (Å²) < 4.78 is 7.88. The minimum absolute atomic E-state index is 0.376. The summed E-state index contributed by atoms with van der Waals surface area (Å²) in [7, 11) is 1.99. The fourth-order valence-electron chi connectivity index (χ4n) is 3.02. The maximum Gasteiger partial charge on any atom is 0.298 e. The zero-order chi connectivity index (χ0) is 14.2. The maximum atomic E-state index is 5.88. The van der Waals surface area contributed by atoms with Gasteiger partial charge < -0.3 is 13.9 Å². The Morgan fingerprint density at radius 3 is 3.00 bits per heavy atom. The van der Waals surface area contributed by atoms with Crippen LogP contribution in [0.1, 0.15) is 24.6 Å². The molecule has 21 heavy (non-hydrogen) atoms. The van der Waals surface area contributed by atoms with Crippen LogP contribution in [-0.4, -0.2) is 32.8 Å². The first-order valence-corrected chi connectivity index (χ1v) is 7.25. The molecule has 0 bridgehead atoms.